The van der Waals surface area contributed by atoms with Crippen molar-refractivity contribution in [3.63, 3.8) is 0 Å². The van der Waals surface area contributed by atoms with Gasteiger partial charge in [-0.1, -0.05) is 47.6 Å². The van der Waals surface area contributed by atoms with Crippen molar-refractivity contribution in [1.29, 1.82) is 0 Å². The number of aryl methyl sites for hydroxylation is 1. The third-order valence-electron chi connectivity index (χ3n) is 6.25. The number of carbonyl (C=O) groups excluding carboxylic acids is 1. The summed E-state index contributed by atoms with van der Waals surface area (Å²) in [6.45, 7) is 11.8. The molecule has 2 aliphatic rings. The minimum Gasteiger partial charge on any atom is -0.496 e. The smallest absolute Gasteiger partial charge is 0.338 e. The zero-order chi connectivity index (χ0) is 21.6. The average Bonchev–Trinajstić information content (AvgIpc) is 3.26. The molecule has 30 heavy (non-hydrogen) atoms. The van der Waals surface area contributed by atoms with Crippen LogP contribution < -0.4 is 9.47 Å². The summed E-state index contributed by atoms with van der Waals surface area (Å²) in [7, 11) is 1.74. The molecular weight excluding hydrogens is 372 g/mol. The van der Waals surface area contributed by atoms with Crippen LogP contribution in [0.5, 0.6) is 11.5 Å². The molecule has 2 aliphatic carbocycles. The Hall–Kier alpha value is -2.81. The van der Waals surface area contributed by atoms with E-state index in [2.05, 4.69) is 51.6 Å². The maximum absolute atomic E-state index is 12.5. The molecule has 0 saturated heterocycles. The van der Waals surface area contributed by atoms with E-state index in [0.29, 0.717) is 17.2 Å². The fraction of sp³-hybridized carbons (Fsp3) is 0.370. The van der Waals surface area contributed by atoms with Gasteiger partial charge in [-0.25, -0.2) is 4.79 Å². The highest BCUT2D eigenvalue weighted by atomic mass is 16.5. The summed E-state index contributed by atoms with van der Waals surface area (Å²) in [5, 5.41) is 1.94. The molecule has 2 atom stereocenters. The van der Waals surface area contributed by atoms with E-state index in [1.165, 1.54) is 16.7 Å². The van der Waals surface area contributed by atoms with Gasteiger partial charge in [-0.15, -0.1) is 0 Å². The maximum Gasteiger partial charge on any atom is 0.338 e. The zero-order valence-corrected chi connectivity index (χ0v) is 18.6. The van der Waals surface area contributed by atoms with Crippen molar-refractivity contribution < 1.29 is 14.3 Å². The highest BCUT2D eigenvalue weighted by Gasteiger charge is 2.43. The second-order valence-corrected chi connectivity index (χ2v) is 8.87. The lowest BCUT2D eigenvalue weighted by atomic mass is 9.85. The van der Waals surface area contributed by atoms with Gasteiger partial charge < -0.3 is 9.47 Å². The first-order valence-electron chi connectivity index (χ1n) is 10.7. The number of hydrogen-bond acceptors (Lipinski definition) is 3. The van der Waals surface area contributed by atoms with Crippen LogP contribution in [0.4, 0.5) is 0 Å². The second-order valence-electron chi connectivity index (χ2n) is 8.87. The molecule has 0 saturated carbocycles. The van der Waals surface area contributed by atoms with Gasteiger partial charge in [0.2, 0.25) is 0 Å². The van der Waals surface area contributed by atoms with Crippen molar-refractivity contribution in [1.82, 2.24) is 0 Å². The number of hydrogen-bond donors (Lipinski definition) is 0. The summed E-state index contributed by atoms with van der Waals surface area (Å²) in [4.78, 5) is 12.5. The summed E-state index contributed by atoms with van der Waals surface area (Å²) in [5.74, 6) is 1.83. The minimum atomic E-state index is -0.373. The number of ether oxygens (including phenoxy) is 2. The predicted octanol–water partition coefficient (Wildman–Crippen LogP) is 6.90. The van der Waals surface area contributed by atoms with Crippen LogP contribution in [0.15, 0.2) is 53.6 Å². The zero-order valence-electron chi connectivity index (χ0n) is 18.6. The molecule has 0 N–H and O–H groups in total. The molecule has 0 aromatic heterocycles. The number of esters is 1. The number of benzene rings is 2. The fourth-order valence-corrected chi connectivity index (χ4v) is 4.94. The summed E-state index contributed by atoms with van der Waals surface area (Å²) >= 11 is 0. The molecule has 156 valence electrons. The van der Waals surface area contributed by atoms with Crippen LogP contribution >= 0.6 is 0 Å². The summed E-state index contributed by atoms with van der Waals surface area (Å²) in [6.07, 6.45) is 7.81. The van der Waals surface area contributed by atoms with Gasteiger partial charge >= 0.3 is 5.97 Å². The summed E-state index contributed by atoms with van der Waals surface area (Å²) in [5.41, 5.74) is 6.68. The van der Waals surface area contributed by atoms with Crippen molar-refractivity contribution in [2.75, 3.05) is 7.11 Å². The minimum absolute atomic E-state index is 0.281. The lowest BCUT2D eigenvalue weighted by Gasteiger charge is -2.24. The molecule has 3 nitrogen and oxygen atoms in total. The van der Waals surface area contributed by atoms with Gasteiger partial charge in [0.15, 0.2) is 0 Å². The lowest BCUT2D eigenvalue weighted by Crippen LogP contribution is -2.13. The van der Waals surface area contributed by atoms with Crippen molar-refractivity contribution in [3.8, 4) is 11.5 Å². The van der Waals surface area contributed by atoms with Crippen LogP contribution in [0.25, 0.3) is 10.8 Å². The number of rotatable bonds is 6. The van der Waals surface area contributed by atoms with Crippen molar-refractivity contribution in [2.24, 2.45) is 0 Å². The summed E-state index contributed by atoms with van der Waals surface area (Å²) in [6, 6.07) is 6.23. The third-order valence-corrected chi connectivity index (χ3v) is 6.25. The molecule has 0 radical (unpaired) electrons. The Morgan fingerprint density at radius 1 is 1.17 bits per heavy atom. The lowest BCUT2D eigenvalue weighted by molar-refractivity contribution is -0.130. The standard InChI is InChI=1S/C27H30O3/c1-15(2)8-7-9-18-13-19-14-21(18)24-23(19)25(29-6)22-12-17(5)10-11-20(22)26(24)30-27(28)16(3)4/h8,10-13,19,21H,3,7,9,14H2,1-2,4-6H3. The van der Waals surface area contributed by atoms with E-state index >= 15 is 0 Å². The van der Waals surface area contributed by atoms with Crippen LogP contribution in [0.2, 0.25) is 0 Å². The van der Waals surface area contributed by atoms with Gasteiger partial charge in [0, 0.05) is 39.3 Å². The summed E-state index contributed by atoms with van der Waals surface area (Å²) < 4.78 is 11.9. The number of carbonyl (C=O) groups is 1. The van der Waals surface area contributed by atoms with Crippen molar-refractivity contribution in [3.05, 3.63) is 70.3 Å². The molecule has 0 heterocycles. The maximum atomic E-state index is 12.5. The van der Waals surface area contributed by atoms with E-state index in [9.17, 15) is 4.79 Å². The Balaban J connectivity index is 1.89. The normalized spacial score (nSPS) is 18.8. The molecule has 4 rings (SSSR count). The molecule has 3 heteroatoms. The topological polar surface area (TPSA) is 35.5 Å². The van der Waals surface area contributed by atoms with E-state index in [0.717, 1.165) is 46.9 Å². The van der Waals surface area contributed by atoms with Crippen LogP contribution in [0.1, 0.15) is 68.6 Å². The Labute approximate surface area is 179 Å². The molecule has 0 spiro atoms. The molecule has 2 unspecified atom stereocenters. The first-order valence-corrected chi connectivity index (χ1v) is 10.7. The van der Waals surface area contributed by atoms with E-state index < -0.39 is 0 Å². The number of fused-ring (bicyclic) bond motifs is 6. The fourth-order valence-electron chi connectivity index (χ4n) is 4.94. The highest BCUT2D eigenvalue weighted by molar-refractivity contribution is 6.00. The van der Waals surface area contributed by atoms with E-state index in [1.54, 1.807) is 14.0 Å². The Morgan fingerprint density at radius 3 is 2.60 bits per heavy atom. The first kappa shape index (κ1) is 20.5. The van der Waals surface area contributed by atoms with Gasteiger partial charge in [0.1, 0.15) is 11.5 Å². The van der Waals surface area contributed by atoms with Crippen LogP contribution in [-0.4, -0.2) is 13.1 Å². The first-order chi connectivity index (χ1) is 14.3. The second kappa shape index (κ2) is 7.79. The molecule has 0 aliphatic heterocycles. The van der Waals surface area contributed by atoms with E-state index in [1.807, 2.05) is 6.07 Å². The highest BCUT2D eigenvalue weighted by Crippen LogP contribution is 2.61. The van der Waals surface area contributed by atoms with E-state index in [4.69, 9.17) is 9.47 Å². The van der Waals surface area contributed by atoms with E-state index in [-0.39, 0.29) is 11.9 Å². The number of methoxy groups -OCH3 is 1. The monoisotopic (exact) mass is 402 g/mol. The molecule has 2 bridgehead atoms. The molecule has 0 fully saturated rings. The van der Waals surface area contributed by atoms with Gasteiger partial charge in [-0.2, -0.15) is 0 Å². The van der Waals surface area contributed by atoms with Crippen LogP contribution in [0, 0.1) is 6.92 Å². The van der Waals surface area contributed by atoms with Gasteiger partial charge in [0.05, 0.1) is 7.11 Å². The Bertz CT molecular complexity index is 1110. The average molecular weight is 403 g/mol. The third kappa shape index (κ3) is 3.36. The SMILES string of the molecule is C=C(C)C(=O)Oc1c2c(c(OC)c3cc(C)ccc13)C1C=C(CCC=C(C)C)C2C1. The van der Waals surface area contributed by atoms with Crippen molar-refractivity contribution >= 4 is 16.7 Å². The number of allylic oxidation sites excluding steroid dienone is 4. The Morgan fingerprint density at radius 2 is 1.93 bits per heavy atom. The van der Waals surface area contributed by atoms with Gasteiger partial charge in [-0.3, -0.25) is 0 Å². The van der Waals surface area contributed by atoms with Gasteiger partial charge in [-0.05, 0) is 53.0 Å². The molecule has 2 aromatic carbocycles. The van der Waals surface area contributed by atoms with Crippen LogP contribution in [-0.2, 0) is 4.79 Å². The molecular formula is C27H30O3. The molecule has 2 aromatic rings. The van der Waals surface area contributed by atoms with Crippen LogP contribution in [0.3, 0.4) is 0 Å². The largest absolute Gasteiger partial charge is 0.496 e. The predicted molar refractivity (Wildman–Crippen MR) is 123 cm³/mol. The van der Waals surface area contributed by atoms with Gasteiger partial charge in [0.25, 0.3) is 0 Å². The quantitative estimate of drug-likeness (QED) is 0.228. The van der Waals surface area contributed by atoms with Crippen molar-refractivity contribution in [2.45, 2.75) is 58.8 Å². The Kier molecular flexibility index (Phi) is 5.31. The molecule has 0 amide bonds.